The number of benzene rings is 9. The van der Waals surface area contributed by atoms with E-state index < -0.39 is 0 Å². The van der Waals surface area contributed by atoms with Gasteiger partial charge < -0.3 is 9.47 Å². The molecular weight excluding hydrogens is 641 g/mol. The number of hydrogen-bond donors (Lipinski definition) is 0. The first kappa shape index (κ1) is 30.3. The zero-order chi connectivity index (χ0) is 35.6. The second kappa shape index (κ2) is 10.8. The van der Waals surface area contributed by atoms with E-state index in [0.717, 1.165) is 5.69 Å². The Labute approximate surface area is 309 Å². The highest BCUT2D eigenvalue weighted by Gasteiger charge is 2.36. The van der Waals surface area contributed by atoms with E-state index in [1.165, 1.54) is 105 Å². The number of nitrogens with zero attached hydrogens (tertiary/aromatic N) is 2. The minimum atomic E-state index is -0.0926. The Bertz CT molecular complexity index is 3090. The molecule has 0 bridgehead atoms. The Kier molecular flexibility index (Phi) is 6.18. The summed E-state index contributed by atoms with van der Waals surface area (Å²) in [6, 6.07) is 58.6. The van der Waals surface area contributed by atoms with Crippen molar-refractivity contribution in [2.45, 2.75) is 33.1 Å². The third-order valence-electron chi connectivity index (χ3n) is 12.2. The summed E-state index contributed by atoms with van der Waals surface area (Å²) < 4.78 is 2.47. The lowest BCUT2D eigenvalue weighted by molar-refractivity contribution is 0.660. The van der Waals surface area contributed by atoms with Crippen molar-refractivity contribution < 1.29 is 0 Å². The van der Waals surface area contributed by atoms with Gasteiger partial charge in [-0.1, -0.05) is 123 Å². The normalized spacial score (nSPS) is 13.4. The minimum absolute atomic E-state index is 0.0926. The van der Waals surface area contributed by atoms with Crippen molar-refractivity contribution in [1.82, 2.24) is 4.57 Å². The summed E-state index contributed by atoms with van der Waals surface area (Å²) in [7, 11) is 0. The van der Waals surface area contributed by atoms with Crippen molar-refractivity contribution in [3.05, 3.63) is 180 Å². The van der Waals surface area contributed by atoms with Gasteiger partial charge in [-0.15, -0.1) is 0 Å². The minimum Gasteiger partial charge on any atom is -0.310 e. The summed E-state index contributed by atoms with van der Waals surface area (Å²) >= 11 is 0. The number of aromatic nitrogens is 1. The number of rotatable bonds is 4. The van der Waals surface area contributed by atoms with Gasteiger partial charge in [-0.05, 0) is 123 Å². The molecule has 2 nitrogen and oxygen atoms in total. The Balaban J connectivity index is 1.23. The average Bonchev–Trinajstić information content (AvgIpc) is 3.66. The van der Waals surface area contributed by atoms with E-state index in [1.807, 2.05) is 0 Å². The van der Waals surface area contributed by atoms with Crippen LogP contribution in [-0.2, 0) is 5.41 Å². The molecule has 1 aromatic heterocycles. The van der Waals surface area contributed by atoms with Gasteiger partial charge in [-0.3, -0.25) is 0 Å². The van der Waals surface area contributed by atoms with Gasteiger partial charge in [-0.25, -0.2) is 0 Å². The van der Waals surface area contributed by atoms with Gasteiger partial charge >= 0.3 is 0 Å². The summed E-state index contributed by atoms with van der Waals surface area (Å²) in [6.07, 6.45) is 0. The van der Waals surface area contributed by atoms with Crippen molar-refractivity contribution >= 4 is 71.2 Å². The zero-order valence-electron chi connectivity index (χ0n) is 30.4. The number of para-hydroxylation sites is 3. The molecule has 0 amide bonds. The third-order valence-corrected chi connectivity index (χ3v) is 12.2. The largest absolute Gasteiger partial charge is 0.310 e. The van der Waals surface area contributed by atoms with Gasteiger partial charge in [0.2, 0.25) is 0 Å². The summed E-state index contributed by atoms with van der Waals surface area (Å²) in [4.78, 5) is 2.49. The number of fused-ring (bicyclic) bond motifs is 7. The van der Waals surface area contributed by atoms with Crippen LogP contribution in [0.1, 0.15) is 36.1 Å². The second-order valence-electron chi connectivity index (χ2n) is 15.4. The van der Waals surface area contributed by atoms with Crippen LogP contribution >= 0.6 is 0 Å². The Morgan fingerprint density at radius 2 is 1.11 bits per heavy atom. The van der Waals surface area contributed by atoms with Crippen molar-refractivity contribution in [2.24, 2.45) is 0 Å². The average molecular weight is 679 g/mol. The van der Waals surface area contributed by atoms with Crippen LogP contribution in [-0.4, -0.2) is 4.57 Å². The van der Waals surface area contributed by atoms with E-state index in [-0.39, 0.29) is 5.41 Å². The van der Waals surface area contributed by atoms with Crippen LogP contribution in [0.4, 0.5) is 17.1 Å². The topological polar surface area (TPSA) is 8.17 Å². The van der Waals surface area contributed by atoms with Crippen LogP contribution in [0.2, 0.25) is 0 Å². The van der Waals surface area contributed by atoms with Gasteiger partial charge in [0, 0.05) is 38.6 Å². The SMILES string of the molecule is Cc1cc(N(c2ccccc2)c2ccc3c(c2)C(C)(C)c2ccccc2-3)c2ccc3c(C)c4c(c5ccc1c2c35)c1ccccc1n4-c1ccccc1. The third kappa shape index (κ3) is 4.04. The predicted octanol–water partition coefficient (Wildman–Crippen LogP) is 14.1. The molecule has 2 heteroatoms. The predicted molar refractivity (Wildman–Crippen MR) is 226 cm³/mol. The highest BCUT2D eigenvalue weighted by atomic mass is 15.1. The van der Waals surface area contributed by atoms with Crippen LogP contribution < -0.4 is 4.90 Å². The molecule has 0 unspecified atom stereocenters. The fourth-order valence-corrected chi connectivity index (χ4v) is 9.78. The molecule has 11 rings (SSSR count). The van der Waals surface area contributed by atoms with Gasteiger partial charge in [0.25, 0.3) is 0 Å². The monoisotopic (exact) mass is 678 g/mol. The molecule has 0 saturated heterocycles. The molecule has 53 heavy (non-hydrogen) atoms. The molecule has 10 aromatic rings. The van der Waals surface area contributed by atoms with Crippen molar-refractivity contribution in [2.75, 3.05) is 4.90 Å². The lowest BCUT2D eigenvalue weighted by Gasteiger charge is -2.30. The van der Waals surface area contributed by atoms with Gasteiger partial charge in [0.05, 0.1) is 16.7 Å². The van der Waals surface area contributed by atoms with Gasteiger partial charge in [-0.2, -0.15) is 0 Å². The summed E-state index contributed by atoms with van der Waals surface area (Å²) in [6.45, 7) is 9.34. The lowest BCUT2D eigenvalue weighted by Crippen LogP contribution is -2.16. The molecule has 0 radical (unpaired) electrons. The van der Waals surface area contributed by atoms with E-state index >= 15 is 0 Å². The van der Waals surface area contributed by atoms with E-state index in [9.17, 15) is 0 Å². The molecule has 1 aliphatic rings. The van der Waals surface area contributed by atoms with Crippen molar-refractivity contribution in [1.29, 1.82) is 0 Å². The van der Waals surface area contributed by atoms with Crippen LogP contribution in [0, 0.1) is 13.8 Å². The van der Waals surface area contributed by atoms with Crippen LogP contribution in [0.15, 0.2) is 158 Å². The molecule has 0 spiro atoms. The summed E-state index contributed by atoms with van der Waals surface area (Å²) in [5.74, 6) is 0. The highest BCUT2D eigenvalue weighted by molar-refractivity contribution is 6.35. The number of hydrogen-bond acceptors (Lipinski definition) is 1. The molecular formula is C51H38N2. The molecule has 9 aromatic carbocycles. The Morgan fingerprint density at radius 3 is 1.94 bits per heavy atom. The number of anilines is 3. The zero-order valence-corrected chi connectivity index (χ0v) is 30.4. The smallest absolute Gasteiger partial charge is 0.0582 e. The van der Waals surface area contributed by atoms with Gasteiger partial charge in [0.1, 0.15) is 0 Å². The van der Waals surface area contributed by atoms with Crippen molar-refractivity contribution in [3.8, 4) is 16.8 Å². The molecule has 252 valence electrons. The van der Waals surface area contributed by atoms with Crippen LogP contribution in [0.3, 0.4) is 0 Å². The van der Waals surface area contributed by atoms with E-state index in [1.54, 1.807) is 0 Å². The fourth-order valence-electron chi connectivity index (χ4n) is 9.78. The van der Waals surface area contributed by atoms with E-state index in [2.05, 4.69) is 195 Å². The molecule has 0 N–H and O–H groups in total. The Hall–Kier alpha value is -6.38. The van der Waals surface area contributed by atoms with Crippen molar-refractivity contribution in [3.63, 3.8) is 0 Å². The number of aryl methyl sites for hydroxylation is 2. The first-order valence-electron chi connectivity index (χ1n) is 18.7. The maximum Gasteiger partial charge on any atom is 0.0582 e. The summed E-state index contributed by atoms with van der Waals surface area (Å²) in [5.41, 5.74) is 15.2. The molecule has 0 saturated carbocycles. The lowest BCUT2D eigenvalue weighted by atomic mass is 9.82. The van der Waals surface area contributed by atoms with Gasteiger partial charge in [0.15, 0.2) is 0 Å². The first-order chi connectivity index (χ1) is 25.9. The molecule has 1 aliphatic carbocycles. The van der Waals surface area contributed by atoms with E-state index in [0.29, 0.717) is 0 Å². The molecule has 1 heterocycles. The standard InChI is InChI=1S/C51H38N2/c1-31-29-46(52(33-15-7-5-8-16-33)35-23-24-39-38-19-11-13-21-43(38)51(3,4)44(39)30-35)41-27-26-37-32(2)50-49(42-28-25-36(31)47(41)48(37)42)40-20-12-14-22-45(40)53(50)34-17-9-6-10-18-34/h5-30H,1-4H3. The van der Waals surface area contributed by atoms with Crippen LogP contribution in [0.25, 0.3) is 70.9 Å². The second-order valence-corrected chi connectivity index (χ2v) is 15.4. The van der Waals surface area contributed by atoms with Crippen LogP contribution in [0.5, 0.6) is 0 Å². The first-order valence-corrected chi connectivity index (χ1v) is 18.7. The fraction of sp³-hybridized carbons (Fsp3) is 0.0980. The highest BCUT2D eigenvalue weighted by Crippen LogP contribution is 2.52. The van der Waals surface area contributed by atoms with E-state index in [4.69, 9.17) is 0 Å². The Morgan fingerprint density at radius 1 is 0.472 bits per heavy atom. The molecule has 0 atom stereocenters. The quantitative estimate of drug-likeness (QED) is 0.168. The maximum atomic E-state index is 2.49. The summed E-state index contributed by atoms with van der Waals surface area (Å²) in [5, 5.41) is 10.5. The maximum absolute atomic E-state index is 2.49. The molecule has 0 fully saturated rings. The molecule has 0 aliphatic heterocycles.